The van der Waals surface area contributed by atoms with Gasteiger partial charge >= 0.3 is 0 Å². The van der Waals surface area contributed by atoms with Crippen LogP contribution < -0.4 is 5.32 Å². The SMILES string of the molecule is Cc1noc(CCCNC(=O)c2cc(S(=O)(=O)N3CCOCC3)c(Cl)cc2Cl)n1. The molecule has 0 atom stereocenters. The molecular formula is C17H20Cl2N4O5S. The monoisotopic (exact) mass is 462 g/mol. The van der Waals surface area contributed by atoms with Crippen LogP contribution >= 0.6 is 23.2 Å². The summed E-state index contributed by atoms with van der Waals surface area (Å²) in [7, 11) is -3.87. The van der Waals surface area contributed by atoms with Crippen molar-refractivity contribution in [1.82, 2.24) is 19.8 Å². The van der Waals surface area contributed by atoms with Crippen molar-refractivity contribution in [3.8, 4) is 0 Å². The molecule has 2 aromatic rings. The lowest BCUT2D eigenvalue weighted by Crippen LogP contribution is -2.40. The van der Waals surface area contributed by atoms with Crippen LogP contribution in [0.5, 0.6) is 0 Å². The van der Waals surface area contributed by atoms with Crippen molar-refractivity contribution >= 4 is 39.1 Å². The minimum atomic E-state index is -3.87. The van der Waals surface area contributed by atoms with Crippen molar-refractivity contribution in [3.05, 3.63) is 39.5 Å². The minimum absolute atomic E-state index is 0.0372. The van der Waals surface area contributed by atoms with E-state index in [0.29, 0.717) is 44.3 Å². The summed E-state index contributed by atoms with van der Waals surface area (Å²) in [5, 5.41) is 6.44. The minimum Gasteiger partial charge on any atom is -0.379 e. The highest BCUT2D eigenvalue weighted by Gasteiger charge is 2.30. The number of ether oxygens (including phenoxy) is 1. The van der Waals surface area contributed by atoms with Crippen molar-refractivity contribution in [2.45, 2.75) is 24.7 Å². The van der Waals surface area contributed by atoms with Gasteiger partial charge in [0.2, 0.25) is 15.9 Å². The Kier molecular flexibility index (Phi) is 7.12. The first kappa shape index (κ1) is 22.0. The van der Waals surface area contributed by atoms with Gasteiger partial charge in [-0.05, 0) is 25.5 Å². The number of sulfonamides is 1. The smallest absolute Gasteiger partial charge is 0.252 e. The zero-order valence-electron chi connectivity index (χ0n) is 15.7. The first-order valence-corrected chi connectivity index (χ1v) is 11.1. The van der Waals surface area contributed by atoms with Crippen LogP contribution in [0.2, 0.25) is 10.0 Å². The number of carbonyl (C=O) groups excluding carboxylic acids is 1. The molecule has 0 radical (unpaired) electrons. The number of morpholine rings is 1. The third kappa shape index (κ3) is 5.26. The number of rotatable bonds is 7. The molecule has 1 fully saturated rings. The van der Waals surface area contributed by atoms with Crippen molar-refractivity contribution in [3.63, 3.8) is 0 Å². The van der Waals surface area contributed by atoms with E-state index in [1.165, 1.54) is 16.4 Å². The van der Waals surface area contributed by atoms with Gasteiger partial charge in [0.15, 0.2) is 5.82 Å². The third-order valence-corrected chi connectivity index (χ3v) is 6.95. The number of benzene rings is 1. The molecule has 0 aliphatic carbocycles. The van der Waals surface area contributed by atoms with Gasteiger partial charge in [-0.15, -0.1) is 0 Å². The molecule has 9 nitrogen and oxygen atoms in total. The predicted molar refractivity (Wildman–Crippen MR) is 106 cm³/mol. The molecule has 1 aromatic heterocycles. The predicted octanol–water partition coefficient (Wildman–Crippen LogP) is 2.07. The van der Waals surface area contributed by atoms with Gasteiger partial charge in [0, 0.05) is 26.1 Å². The molecule has 29 heavy (non-hydrogen) atoms. The fourth-order valence-corrected chi connectivity index (χ4v) is 5.05. The molecule has 0 unspecified atom stereocenters. The number of amides is 1. The van der Waals surface area contributed by atoms with Crippen LogP contribution in [-0.4, -0.2) is 61.6 Å². The maximum Gasteiger partial charge on any atom is 0.252 e. The summed E-state index contributed by atoms with van der Waals surface area (Å²) in [6.07, 6.45) is 1.07. The molecule has 12 heteroatoms. The summed E-state index contributed by atoms with van der Waals surface area (Å²) in [5.41, 5.74) is 0.0385. The van der Waals surface area contributed by atoms with E-state index in [4.69, 9.17) is 32.5 Å². The second-order valence-electron chi connectivity index (χ2n) is 6.37. The molecule has 0 saturated carbocycles. The van der Waals surface area contributed by atoms with E-state index in [2.05, 4.69) is 15.5 Å². The molecule has 1 N–H and O–H groups in total. The Morgan fingerprint density at radius 1 is 1.24 bits per heavy atom. The van der Waals surface area contributed by atoms with Gasteiger partial charge in [0.1, 0.15) is 4.90 Å². The van der Waals surface area contributed by atoms with Crippen LogP contribution in [0, 0.1) is 6.92 Å². The van der Waals surface area contributed by atoms with E-state index in [0.717, 1.165) is 0 Å². The molecule has 1 aliphatic rings. The molecular weight excluding hydrogens is 443 g/mol. The number of nitrogens with one attached hydrogen (secondary N) is 1. The zero-order chi connectivity index (χ0) is 21.0. The fourth-order valence-electron chi connectivity index (χ4n) is 2.81. The van der Waals surface area contributed by atoms with Gasteiger partial charge in [-0.1, -0.05) is 28.4 Å². The van der Waals surface area contributed by atoms with Crippen molar-refractivity contribution in [2.75, 3.05) is 32.8 Å². The van der Waals surface area contributed by atoms with Gasteiger partial charge in [0.05, 0.1) is 28.8 Å². The van der Waals surface area contributed by atoms with Crippen LogP contribution in [0.15, 0.2) is 21.6 Å². The average Bonchev–Trinajstić information content (AvgIpc) is 3.10. The molecule has 1 saturated heterocycles. The second kappa shape index (κ2) is 9.40. The molecule has 158 valence electrons. The van der Waals surface area contributed by atoms with E-state index in [9.17, 15) is 13.2 Å². The lowest BCUT2D eigenvalue weighted by molar-refractivity contribution is 0.0730. The summed E-state index contributed by atoms with van der Waals surface area (Å²) in [5.74, 6) is 0.540. The Balaban J connectivity index is 1.70. The fraction of sp³-hybridized carbons (Fsp3) is 0.471. The molecule has 2 heterocycles. The van der Waals surface area contributed by atoms with Gasteiger partial charge in [-0.2, -0.15) is 9.29 Å². The summed E-state index contributed by atoms with van der Waals surface area (Å²) >= 11 is 12.3. The maximum absolute atomic E-state index is 12.9. The molecule has 1 amide bonds. The van der Waals surface area contributed by atoms with Crippen molar-refractivity contribution in [2.24, 2.45) is 0 Å². The Morgan fingerprint density at radius 2 is 1.97 bits per heavy atom. The number of halogens is 2. The number of aromatic nitrogens is 2. The van der Waals surface area contributed by atoms with Crippen LogP contribution in [0.4, 0.5) is 0 Å². The molecule has 0 spiro atoms. The zero-order valence-corrected chi connectivity index (χ0v) is 18.0. The first-order valence-electron chi connectivity index (χ1n) is 8.93. The van der Waals surface area contributed by atoms with Crippen molar-refractivity contribution in [1.29, 1.82) is 0 Å². The first-order chi connectivity index (χ1) is 13.8. The largest absolute Gasteiger partial charge is 0.379 e. The average molecular weight is 463 g/mol. The Labute approximate surface area is 178 Å². The standard InChI is InChI=1S/C17H20Cl2N4O5S/c1-11-21-16(28-22-11)3-2-4-20-17(24)12-9-15(14(19)10-13(12)18)29(25,26)23-5-7-27-8-6-23/h9-10H,2-8H2,1H3,(H,20,24). The van der Waals surface area contributed by atoms with Crippen molar-refractivity contribution < 1.29 is 22.5 Å². The van der Waals surface area contributed by atoms with Gasteiger partial charge in [-0.25, -0.2) is 8.42 Å². The lowest BCUT2D eigenvalue weighted by Gasteiger charge is -2.26. The maximum atomic E-state index is 12.9. The van der Waals surface area contributed by atoms with Crippen LogP contribution in [0.3, 0.4) is 0 Å². The number of hydrogen-bond donors (Lipinski definition) is 1. The summed E-state index contributed by atoms with van der Waals surface area (Å²) in [6.45, 7) is 3.09. The Morgan fingerprint density at radius 3 is 2.62 bits per heavy atom. The highest BCUT2D eigenvalue weighted by atomic mass is 35.5. The normalized spacial score (nSPS) is 15.4. The second-order valence-corrected chi connectivity index (χ2v) is 9.09. The lowest BCUT2D eigenvalue weighted by atomic mass is 10.2. The summed E-state index contributed by atoms with van der Waals surface area (Å²) < 4.78 is 37.3. The number of aryl methyl sites for hydroxylation is 2. The topological polar surface area (TPSA) is 115 Å². The third-order valence-electron chi connectivity index (χ3n) is 4.28. The Hall–Kier alpha value is -1.72. The van der Waals surface area contributed by atoms with E-state index < -0.39 is 15.9 Å². The number of nitrogens with zero attached hydrogens (tertiary/aromatic N) is 3. The van der Waals surface area contributed by atoms with Crippen LogP contribution in [0.25, 0.3) is 0 Å². The molecule has 3 rings (SSSR count). The number of hydrogen-bond acceptors (Lipinski definition) is 7. The van der Waals surface area contributed by atoms with Gasteiger partial charge < -0.3 is 14.6 Å². The van der Waals surface area contributed by atoms with Gasteiger partial charge in [0.25, 0.3) is 5.91 Å². The van der Waals surface area contributed by atoms with E-state index in [1.54, 1.807) is 6.92 Å². The number of carbonyl (C=O) groups is 1. The van der Waals surface area contributed by atoms with Gasteiger partial charge in [-0.3, -0.25) is 4.79 Å². The summed E-state index contributed by atoms with van der Waals surface area (Å²) in [4.78, 5) is 16.5. The van der Waals surface area contributed by atoms with E-state index in [1.807, 2.05) is 0 Å². The molecule has 1 aliphatic heterocycles. The van der Waals surface area contributed by atoms with E-state index in [-0.39, 0.29) is 33.6 Å². The summed E-state index contributed by atoms with van der Waals surface area (Å²) in [6, 6.07) is 2.48. The van der Waals surface area contributed by atoms with Crippen LogP contribution in [-0.2, 0) is 21.2 Å². The quantitative estimate of drug-likeness (QED) is 0.626. The Bertz CT molecular complexity index is 990. The highest BCUT2D eigenvalue weighted by molar-refractivity contribution is 7.89. The molecule has 1 aromatic carbocycles. The van der Waals surface area contributed by atoms with Crippen LogP contribution in [0.1, 0.15) is 28.5 Å². The molecule has 0 bridgehead atoms. The van der Waals surface area contributed by atoms with E-state index >= 15 is 0 Å². The highest BCUT2D eigenvalue weighted by Crippen LogP contribution is 2.31.